The molecule has 0 amide bonds. The van der Waals surface area contributed by atoms with Gasteiger partial charge in [-0.1, -0.05) is 0 Å². The Morgan fingerprint density at radius 3 is 2.61 bits per heavy atom. The summed E-state index contributed by atoms with van der Waals surface area (Å²) in [4.78, 5) is 23.0. The van der Waals surface area contributed by atoms with Crippen molar-refractivity contribution >= 4 is 38.6 Å². The van der Waals surface area contributed by atoms with Crippen LogP contribution in [0, 0.1) is 17.2 Å². The molecule has 2 fully saturated rings. The molecule has 2 aliphatic rings. The number of rotatable bonds is 4. The summed E-state index contributed by atoms with van der Waals surface area (Å²) in [6.45, 7) is 3.32. The molecule has 8 nitrogen and oxygen atoms in total. The molecule has 1 aromatic carbocycles. The van der Waals surface area contributed by atoms with Gasteiger partial charge in [0.15, 0.2) is 5.82 Å². The van der Waals surface area contributed by atoms with Crippen LogP contribution in [-0.2, 0) is 0 Å². The van der Waals surface area contributed by atoms with Gasteiger partial charge in [0.2, 0.25) is 5.95 Å². The monoisotopic (exact) mass is 479 g/mol. The van der Waals surface area contributed by atoms with E-state index in [1.807, 2.05) is 18.3 Å². The summed E-state index contributed by atoms with van der Waals surface area (Å²) < 4.78 is 6.28. The number of methoxy groups -OCH3 is 1. The molecule has 2 aliphatic heterocycles. The Morgan fingerprint density at radius 2 is 1.87 bits per heavy atom. The summed E-state index contributed by atoms with van der Waals surface area (Å²) in [5.74, 6) is 2.87. The number of fused-ring (bicyclic) bond motifs is 1. The van der Waals surface area contributed by atoms with Gasteiger partial charge in [-0.3, -0.25) is 4.98 Å². The molecule has 0 radical (unpaired) electrons. The molecule has 0 atom stereocenters. The van der Waals surface area contributed by atoms with E-state index in [4.69, 9.17) is 15.0 Å². The zero-order chi connectivity index (χ0) is 21.4. The maximum absolute atomic E-state index is 9.16. The predicted octanol–water partition coefficient (Wildman–Crippen LogP) is 3.53. The molecule has 4 heterocycles. The zero-order valence-corrected chi connectivity index (χ0v) is 18.8. The Bertz CT molecular complexity index is 1150. The number of benzene rings is 1. The summed E-state index contributed by atoms with van der Waals surface area (Å²) in [6.07, 6.45) is 7.13. The number of piperidine rings is 1. The van der Waals surface area contributed by atoms with Gasteiger partial charge in [-0.05, 0) is 34.8 Å². The molecule has 5 rings (SSSR count). The molecule has 0 N–H and O–H groups in total. The van der Waals surface area contributed by atoms with Gasteiger partial charge in [0.05, 0.1) is 28.9 Å². The third-order valence-electron chi connectivity index (χ3n) is 6.08. The van der Waals surface area contributed by atoms with Crippen LogP contribution in [0.1, 0.15) is 24.5 Å². The Labute approximate surface area is 189 Å². The molecule has 0 spiro atoms. The number of hydrogen-bond donors (Lipinski definition) is 0. The topological polar surface area (TPSA) is 91.1 Å². The van der Waals surface area contributed by atoms with Crippen LogP contribution >= 0.6 is 15.9 Å². The second-order valence-electron chi connectivity index (χ2n) is 7.97. The molecule has 3 aromatic rings. The smallest absolute Gasteiger partial charge is 0.225 e. The SMILES string of the molecule is COc1cc2nc(N3CC(c4nccnc4N4CCC(C#N)CC4)C3)ncc2cc1Br. The van der Waals surface area contributed by atoms with E-state index in [1.165, 1.54) is 0 Å². The lowest BCUT2D eigenvalue weighted by Crippen LogP contribution is -2.47. The normalized spacial score (nSPS) is 17.5. The molecule has 2 aromatic heterocycles. The van der Waals surface area contributed by atoms with Crippen LogP contribution in [0.3, 0.4) is 0 Å². The highest BCUT2D eigenvalue weighted by molar-refractivity contribution is 9.10. The van der Waals surface area contributed by atoms with Crippen LogP contribution in [0.4, 0.5) is 11.8 Å². The van der Waals surface area contributed by atoms with Crippen molar-refractivity contribution in [2.75, 3.05) is 43.1 Å². The maximum Gasteiger partial charge on any atom is 0.225 e. The van der Waals surface area contributed by atoms with Gasteiger partial charge in [0, 0.05) is 68.1 Å². The fourth-order valence-corrected chi connectivity index (χ4v) is 4.76. The van der Waals surface area contributed by atoms with E-state index in [1.54, 1.807) is 19.5 Å². The molecule has 9 heteroatoms. The van der Waals surface area contributed by atoms with Crippen molar-refractivity contribution in [3.63, 3.8) is 0 Å². The van der Waals surface area contributed by atoms with Gasteiger partial charge in [0.25, 0.3) is 0 Å². The first kappa shape index (κ1) is 19.9. The second-order valence-corrected chi connectivity index (χ2v) is 8.83. The number of hydrogen-bond acceptors (Lipinski definition) is 8. The summed E-state index contributed by atoms with van der Waals surface area (Å²) >= 11 is 3.51. The Balaban J connectivity index is 1.32. The zero-order valence-electron chi connectivity index (χ0n) is 17.2. The predicted molar refractivity (Wildman–Crippen MR) is 121 cm³/mol. The van der Waals surface area contributed by atoms with E-state index < -0.39 is 0 Å². The van der Waals surface area contributed by atoms with Gasteiger partial charge in [-0.2, -0.15) is 5.26 Å². The van der Waals surface area contributed by atoms with Crippen molar-refractivity contribution in [1.29, 1.82) is 5.26 Å². The van der Waals surface area contributed by atoms with E-state index in [0.29, 0.717) is 5.95 Å². The van der Waals surface area contributed by atoms with Crippen LogP contribution in [0.15, 0.2) is 35.2 Å². The lowest BCUT2D eigenvalue weighted by molar-refractivity contribution is 0.412. The van der Waals surface area contributed by atoms with Crippen molar-refractivity contribution < 1.29 is 4.74 Å². The van der Waals surface area contributed by atoms with E-state index in [9.17, 15) is 0 Å². The molecule has 0 bridgehead atoms. The highest BCUT2D eigenvalue weighted by Crippen LogP contribution is 2.35. The van der Waals surface area contributed by atoms with Gasteiger partial charge < -0.3 is 14.5 Å². The molecule has 158 valence electrons. The Kier molecular flexibility index (Phi) is 5.32. The third-order valence-corrected chi connectivity index (χ3v) is 6.69. The number of halogens is 1. The van der Waals surface area contributed by atoms with E-state index in [-0.39, 0.29) is 11.8 Å². The summed E-state index contributed by atoms with van der Waals surface area (Å²) in [6, 6.07) is 6.28. The van der Waals surface area contributed by atoms with Crippen LogP contribution in [0.25, 0.3) is 10.9 Å². The molecular weight excluding hydrogens is 458 g/mol. The van der Waals surface area contributed by atoms with Crippen LogP contribution in [0.5, 0.6) is 5.75 Å². The number of aromatic nitrogens is 4. The average molecular weight is 480 g/mol. The Hall–Kier alpha value is -2.99. The third kappa shape index (κ3) is 3.76. The van der Waals surface area contributed by atoms with E-state index >= 15 is 0 Å². The van der Waals surface area contributed by atoms with E-state index in [0.717, 1.165) is 71.7 Å². The molecule has 2 saturated heterocycles. The largest absolute Gasteiger partial charge is 0.495 e. The fraction of sp³-hybridized carbons (Fsp3) is 0.409. The van der Waals surface area contributed by atoms with Crippen molar-refractivity contribution in [2.45, 2.75) is 18.8 Å². The summed E-state index contributed by atoms with van der Waals surface area (Å²) in [5.41, 5.74) is 1.88. The van der Waals surface area contributed by atoms with Crippen LogP contribution in [-0.4, -0.2) is 53.2 Å². The molecule has 31 heavy (non-hydrogen) atoms. The number of nitriles is 1. The first-order valence-corrected chi connectivity index (χ1v) is 11.2. The summed E-state index contributed by atoms with van der Waals surface area (Å²) in [7, 11) is 1.65. The minimum atomic E-state index is 0.153. The lowest BCUT2D eigenvalue weighted by Gasteiger charge is -2.40. The number of ether oxygens (including phenoxy) is 1. The Morgan fingerprint density at radius 1 is 1.10 bits per heavy atom. The van der Waals surface area contributed by atoms with Gasteiger partial charge in [-0.25, -0.2) is 15.0 Å². The van der Waals surface area contributed by atoms with Crippen molar-refractivity contribution in [3.05, 3.63) is 40.9 Å². The first-order valence-electron chi connectivity index (χ1n) is 10.4. The fourth-order valence-electron chi connectivity index (χ4n) is 4.24. The lowest BCUT2D eigenvalue weighted by atomic mass is 9.94. The standard InChI is InChI=1S/C22H22BrN7O/c1-31-19-9-18-15(8-17(19)23)11-27-22(28-18)30-12-16(13-30)20-21(26-5-4-25-20)29-6-2-14(10-24)3-7-29/h4-5,8-9,11,14,16H,2-3,6-7,12-13H2,1H3. The van der Waals surface area contributed by atoms with Crippen molar-refractivity contribution in [1.82, 2.24) is 19.9 Å². The molecule has 0 aliphatic carbocycles. The minimum Gasteiger partial charge on any atom is -0.495 e. The average Bonchev–Trinajstić information content (AvgIpc) is 2.78. The van der Waals surface area contributed by atoms with Crippen molar-refractivity contribution in [2.24, 2.45) is 5.92 Å². The quantitative estimate of drug-likeness (QED) is 0.560. The maximum atomic E-state index is 9.16. The highest BCUT2D eigenvalue weighted by atomic mass is 79.9. The second kappa shape index (κ2) is 8.27. The molecule has 0 unspecified atom stereocenters. The van der Waals surface area contributed by atoms with Gasteiger partial charge in [-0.15, -0.1) is 0 Å². The highest BCUT2D eigenvalue weighted by Gasteiger charge is 2.35. The minimum absolute atomic E-state index is 0.153. The molecular formula is C22H22BrN7O. The van der Waals surface area contributed by atoms with Crippen LogP contribution in [0.2, 0.25) is 0 Å². The van der Waals surface area contributed by atoms with E-state index in [2.05, 4.69) is 46.8 Å². The van der Waals surface area contributed by atoms with Crippen LogP contribution < -0.4 is 14.5 Å². The first-order chi connectivity index (χ1) is 15.2. The van der Waals surface area contributed by atoms with Crippen molar-refractivity contribution in [3.8, 4) is 11.8 Å². The van der Waals surface area contributed by atoms with Gasteiger partial charge >= 0.3 is 0 Å². The summed E-state index contributed by atoms with van der Waals surface area (Å²) in [5, 5.41) is 10.1. The molecule has 0 saturated carbocycles. The van der Waals surface area contributed by atoms with Gasteiger partial charge in [0.1, 0.15) is 5.75 Å². The number of nitrogens with zero attached hydrogens (tertiary/aromatic N) is 7. The number of anilines is 2.